The largest absolute Gasteiger partial charge is 0.464 e. The first-order valence-corrected chi connectivity index (χ1v) is 7.85. The smallest absolute Gasteiger partial charge is 0.407 e. The second kappa shape index (κ2) is 9.87. The van der Waals surface area contributed by atoms with E-state index in [2.05, 4.69) is 15.0 Å². The van der Waals surface area contributed by atoms with E-state index in [-0.39, 0.29) is 12.3 Å². The van der Waals surface area contributed by atoms with E-state index in [1.165, 1.54) is 7.11 Å². The van der Waals surface area contributed by atoms with E-state index < -0.39 is 12.1 Å². The monoisotopic (exact) mass is 340 g/mol. The standard InChI is InChI=1S/C19H20N2O4/c1-24-18(22)17-12-7-11-16(21-17)10-5-6-13-20-19(23)25-14-15-8-3-2-4-9-15/h2-5,7-12H,6,13-14H2,1H3,(H,20,23). The molecule has 1 N–H and O–H groups in total. The zero-order valence-electron chi connectivity index (χ0n) is 14.0. The van der Waals surface area contributed by atoms with Crippen LogP contribution in [0.15, 0.2) is 54.6 Å². The molecule has 2 rings (SSSR count). The number of esters is 1. The van der Waals surface area contributed by atoms with Crippen LogP contribution in [0.4, 0.5) is 4.79 Å². The molecule has 0 aliphatic carbocycles. The Balaban J connectivity index is 1.69. The molecule has 0 unspecified atom stereocenters. The summed E-state index contributed by atoms with van der Waals surface area (Å²) >= 11 is 0. The van der Waals surface area contributed by atoms with Gasteiger partial charge >= 0.3 is 12.1 Å². The highest BCUT2D eigenvalue weighted by Gasteiger charge is 2.06. The fourth-order valence-electron chi connectivity index (χ4n) is 2.00. The van der Waals surface area contributed by atoms with Crippen LogP contribution in [0, 0.1) is 0 Å². The minimum Gasteiger partial charge on any atom is -0.464 e. The molecule has 0 saturated heterocycles. The maximum atomic E-state index is 11.6. The highest BCUT2D eigenvalue weighted by molar-refractivity contribution is 5.87. The summed E-state index contributed by atoms with van der Waals surface area (Å²) in [6.45, 7) is 0.688. The average Bonchev–Trinajstić information content (AvgIpc) is 2.66. The molecule has 1 aromatic carbocycles. The molecule has 130 valence electrons. The molecule has 0 bridgehead atoms. The minimum atomic E-state index is -0.474. The van der Waals surface area contributed by atoms with Crippen molar-refractivity contribution in [1.82, 2.24) is 10.3 Å². The lowest BCUT2D eigenvalue weighted by molar-refractivity contribution is 0.0594. The number of hydrogen-bond donors (Lipinski definition) is 1. The molecule has 0 radical (unpaired) electrons. The molecule has 6 nitrogen and oxygen atoms in total. The third-order valence-electron chi connectivity index (χ3n) is 3.25. The summed E-state index contributed by atoms with van der Waals surface area (Å²) in [6, 6.07) is 14.6. The number of nitrogens with one attached hydrogen (secondary N) is 1. The Morgan fingerprint density at radius 3 is 2.68 bits per heavy atom. The molecule has 0 spiro atoms. The summed E-state index contributed by atoms with van der Waals surface area (Å²) in [6.07, 6.45) is 3.80. The lowest BCUT2D eigenvalue weighted by atomic mass is 10.2. The molecule has 25 heavy (non-hydrogen) atoms. The summed E-state index contributed by atoms with van der Waals surface area (Å²) < 4.78 is 9.74. The molecule has 0 aliphatic heterocycles. The van der Waals surface area contributed by atoms with Crippen molar-refractivity contribution < 1.29 is 19.1 Å². The van der Waals surface area contributed by atoms with Gasteiger partial charge in [0.25, 0.3) is 0 Å². The molecule has 0 fully saturated rings. The number of alkyl carbamates (subject to hydrolysis) is 1. The van der Waals surface area contributed by atoms with Crippen LogP contribution in [0.3, 0.4) is 0 Å². The summed E-state index contributed by atoms with van der Waals surface area (Å²) in [5, 5.41) is 2.67. The second-order valence-electron chi connectivity index (χ2n) is 5.12. The van der Waals surface area contributed by atoms with E-state index in [0.717, 1.165) is 5.56 Å². The Kier molecular flexibility index (Phi) is 7.18. The van der Waals surface area contributed by atoms with Crippen molar-refractivity contribution in [2.24, 2.45) is 0 Å². The highest BCUT2D eigenvalue weighted by atomic mass is 16.5. The van der Waals surface area contributed by atoms with Crippen LogP contribution >= 0.6 is 0 Å². The fraction of sp³-hybridized carbons (Fsp3) is 0.211. The third kappa shape index (κ3) is 6.47. The Labute approximate surface area is 146 Å². The summed E-state index contributed by atoms with van der Waals surface area (Å²) in [5.74, 6) is -0.474. The predicted octanol–water partition coefficient (Wildman–Crippen LogP) is 3.20. The maximum Gasteiger partial charge on any atom is 0.407 e. The van der Waals surface area contributed by atoms with Crippen LogP contribution in [0.1, 0.15) is 28.2 Å². The van der Waals surface area contributed by atoms with Crippen molar-refractivity contribution in [1.29, 1.82) is 0 Å². The van der Waals surface area contributed by atoms with Gasteiger partial charge in [-0.25, -0.2) is 14.6 Å². The van der Waals surface area contributed by atoms with Gasteiger partial charge in [-0.1, -0.05) is 42.5 Å². The van der Waals surface area contributed by atoms with Crippen LogP contribution in [-0.4, -0.2) is 30.7 Å². The van der Waals surface area contributed by atoms with E-state index in [1.807, 2.05) is 36.4 Å². The average molecular weight is 340 g/mol. The number of hydrogen-bond acceptors (Lipinski definition) is 5. The molecule has 1 amide bonds. The molecule has 6 heteroatoms. The lowest BCUT2D eigenvalue weighted by Crippen LogP contribution is -2.24. The van der Waals surface area contributed by atoms with Gasteiger partial charge in [0.2, 0.25) is 0 Å². The Morgan fingerprint density at radius 2 is 1.92 bits per heavy atom. The van der Waals surface area contributed by atoms with Crippen molar-refractivity contribution >= 4 is 18.1 Å². The first-order chi connectivity index (χ1) is 12.2. The summed E-state index contributed by atoms with van der Waals surface area (Å²) in [7, 11) is 1.31. The Morgan fingerprint density at radius 1 is 1.12 bits per heavy atom. The van der Waals surface area contributed by atoms with Gasteiger partial charge < -0.3 is 14.8 Å². The number of nitrogens with zero attached hydrogens (tertiary/aromatic N) is 1. The molecule has 1 heterocycles. The Hall–Kier alpha value is -3.15. The summed E-state index contributed by atoms with van der Waals surface area (Å²) in [4.78, 5) is 27.2. The lowest BCUT2D eigenvalue weighted by Gasteiger charge is -2.05. The minimum absolute atomic E-state index is 0.243. The number of carbonyl (C=O) groups excluding carboxylic acids is 2. The van der Waals surface area contributed by atoms with Gasteiger partial charge in [-0.3, -0.25) is 0 Å². The molecule has 0 saturated carbocycles. The number of benzene rings is 1. The zero-order chi connectivity index (χ0) is 17.9. The normalized spacial score (nSPS) is 10.4. The molecule has 2 aromatic rings. The first kappa shape index (κ1) is 18.2. The number of rotatable bonds is 7. The van der Waals surface area contributed by atoms with Gasteiger partial charge in [0.1, 0.15) is 12.3 Å². The van der Waals surface area contributed by atoms with Crippen LogP contribution in [0.25, 0.3) is 6.08 Å². The van der Waals surface area contributed by atoms with Gasteiger partial charge in [-0.05, 0) is 30.2 Å². The SMILES string of the molecule is COC(=O)c1cccc(C=CCCNC(=O)OCc2ccccc2)n1. The highest BCUT2D eigenvalue weighted by Crippen LogP contribution is 2.04. The number of carbonyl (C=O) groups is 2. The van der Waals surface area contributed by atoms with Crippen molar-refractivity contribution in [3.63, 3.8) is 0 Å². The molecular formula is C19H20N2O4. The number of aromatic nitrogens is 1. The topological polar surface area (TPSA) is 77.5 Å². The molecule has 0 atom stereocenters. The van der Waals surface area contributed by atoms with E-state index in [1.54, 1.807) is 24.3 Å². The van der Waals surface area contributed by atoms with Crippen LogP contribution in [0.5, 0.6) is 0 Å². The van der Waals surface area contributed by atoms with Gasteiger partial charge in [0.15, 0.2) is 0 Å². The maximum absolute atomic E-state index is 11.6. The Bertz CT molecular complexity index is 729. The molecular weight excluding hydrogens is 320 g/mol. The molecule has 0 aliphatic rings. The van der Waals surface area contributed by atoms with Crippen molar-refractivity contribution in [2.75, 3.05) is 13.7 Å². The quantitative estimate of drug-likeness (QED) is 0.619. The van der Waals surface area contributed by atoms with Crippen molar-refractivity contribution in [2.45, 2.75) is 13.0 Å². The summed E-state index contributed by atoms with van der Waals surface area (Å²) in [5.41, 5.74) is 1.84. The van der Waals surface area contributed by atoms with Gasteiger partial charge in [-0.2, -0.15) is 0 Å². The number of amides is 1. The van der Waals surface area contributed by atoms with E-state index >= 15 is 0 Å². The van der Waals surface area contributed by atoms with Crippen LogP contribution < -0.4 is 5.32 Å². The van der Waals surface area contributed by atoms with Gasteiger partial charge in [-0.15, -0.1) is 0 Å². The second-order valence-corrected chi connectivity index (χ2v) is 5.12. The van der Waals surface area contributed by atoms with Gasteiger partial charge in [0.05, 0.1) is 12.8 Å². The fourth-order valence-corrected chi connectivity index (χ4v) is 2.00. The number of methoxy groups -OCH3 is 1. The predicted molar refractivity (Wildman–Crippen MR) is 93.9 cm³/mol. The van der Waals surface area contributed by atoms with Gasteiger partial charge in [0, 0.05) is 6.54 Å². The zero-order valence-corrected chi connectivity index (χ0v) is 14.0. The van der Waals surface area contributed by atoms with E-state index in [4.69, 9.17) is 4.74 Å². The third-order valence-corrected chi connectivity index (χ3v) is 3.25. The van der Waals surface area contributed by atoms with E-state index in [0.29, 0.717) is 18.7 Å². The van der Waals surface area contributed by atoms with Crippen LogP contribution in [0.2, 0.25) is 0 Å². The number of pyridine rings is 1. The van der Waals surface area contributed by atoms with Crippen molar-refractivity contribution in [3.8, 4) is 0 Å². The molecule has 1 aromatic heterocycles. The van der Waals surface area contributed by atoms with Crippen LogP contribution in [-0.2, 0) is 16.1 Å². The first-order valence-electron chi connectivity index (χ1n) is 7.85. The van der Waals surface area contributed by atoms with Crippen molar-refractivity contribution in [3.05, 3.63) is 71.6 Å². The number of ether oxygens (including phenoxy) is 2. The van der Waals surface area contributed by atoms with E-state index in [9.17, 15) is 9.59 Å².